The van der Waals surface area contributed by atoms with Crippen molar-refractivity contribution in [2.24, 2.45) is 5.41 Å². The number of ketones is 1. The van der Waals surface area contributed by atoms with Gasteiger partial charge in [0.2, 0.25) is 0 Å². The van der Waals surface area contributed by atoms with Crippen LogP contribution in [0.2, 0.25) is 19.6 Å². The van der Waals surface area contributed by atoms with Gasteiger partial charge in [-0.05, 0) is 24.7 Å². The summed E-state index contributed by atoms with van der Waals surface area (Å²) in [6.45, 7) is 9.11. The molecule has 0 radical (unpaired) electrons. The fourth-order valence-corrected chi connectivity index (χ4v) is 3.99. The number of Topliss-reactive ketones (excluding diaryl/α,β-unsaturated/α-hetero) is 1. The summed E-state index contributed by atoms with van der Waals surface area (Å²) in [5, 5.41) is 0. The maximum Gasteiger partial charge on any atom is 0.146 e. The predicted molar refractivity (Wildman–Crippen MR) is 89.7 cm³/mol. The Balaban J connectivity index is 2.62. The van der Waals surface area contributed by atoms with Gasteiger partial charge in [-0.3, -0.25) is 4.79 Å². The van der Waals surface area contributed by atoms with Gasteiger partial charge in [0.05, 0.1) is 3.92 Å². The van der Waals surface area contributed by atoms with E-state index in [1.54, 1.807) is 0 Å². The molecule has 3 heteroatoms. The van der Waals surface area contributed by atoms with E-state index in [4.69, 9.17) is 0 Å². The molecule has 2 unspecified atom stereocenters. The summed E-state index contributed by atoms with van der Waals surface area (Å²) in [6, 6.07) is 0. The summed E-state index contributed by atoms with van der Waals surface area (Å²) in [6.07, 6.45) is 6.26. The number of hydrogen-bond donors (Lipinski definition) is 0. The van der Waals surface area contributed by atoms with Gasteiger partial charge in [0.25, 0.3) is 0 Å². The van der Waals surface area contributed by atoms with E-state index in [1.165, 1.54) is 12.8 Å². The van der Waals surface area contributed by atoms with E-state index >= 15 is 0 Å². The minimum absolute atomic E-state index is 0.169. The lowest BCUT2D eigenvalue weighted by molar-refractivity contribution is -0.119. The van der Waals surface area contributed by atoms with Crippen LogP contribution < -0.4 is 0 Å². The number of carbonyl (C=O) groups is 1. The molecule has 102 valence electrons. The first-order valence-electron chi connectivity index (χ1n) is 6.91. The number of halogens is 1. The van der Waals surface area contributed by atoms with E-state index in [-0.39, 0.29) is 9.34 Å². The minimum Gasteiger partial charge on any atom is -0.299 e. The van der Waals surface area contributed by atoms with Crippen LogP contribution in [0.4, 0.5) is 0 Å². The van der Waals surface area contributed by atoms with Crippen LogP contribution in [0.25, 0.3) is 0 Å². The van der Waals surface area contributed by atoms with Crippen LogP contribution >= 0.6 is 22.6 Å². The lowest BCUT2D eigenvalue weighted by atomic mass is 9.78. The molecule has 0 aliphatic heterocycles. The van der Waals surface area contributed by atoms with Crippen molar-refractivity contribution in [1.29, 1.82) is 0 Å². The van der Waals surface area contributed by atoms with Gasteiger partial charge < -0.3 is 0 Å². The molecule has 0 bridgehead atoms. The first kappa shape index (κ1) is 16.2. The zero-order valence-corrected chi connectivity index (χ0v) is 15.3. The fourth-order valence-electron chi connectivity index (χ4n) is 2.40. The average Bonchev–Trinajstić information content (AvgIpc) is 2.38. The average molecular weight is 376 g/mol. The Labute approximate surface area is 127 Å². The Morgan fingerprint density at radius 1 is 1.39 bits per heavy atom. The van der Waals surface area contributed by atoms with Crippen molar-refractivity contribution in [2.45, 2.75) is 69.0 Å². The third-order valence-electron chi connectivity index (χ3n) is 3.60. The highest BCUT2D eigenvalue weighted by molar-refractivity contribution is 14.1. The van der Waals surface area contributed by atoms with Crippen LogP contribution in [-0.2, 0) is 4.79 Å². The quantitative estimate of drug-likeness (QED) is 0.226. The fraction of sp³-hybridized carbons (Fsp3) is 0.800. The van der Waals surface area contributed by atoms with E-state index in [1.807, 2.05) is 0 Å². The van der Waals surface area contributed by atoms with Crippen LogP contribution in [-0.4, -0.2) is 17.8 Å². The highest BCUT2D eigenvalue weighted by atomic mass is 127. The Morgan fingerprint density at radius 2 is 2.06 bits per heavy atom. The van der Waals surface area contributed by atoms with Crippen LogP contribution in [0.5, 0.6) is 0 Å². The van der Waals surface area contributed by atoms with Crippen molar-refractivity contribution in [2.75, 3.05) is 0 Å². The third kappa shape index (κ3) is 5.04. The Bertz CT molecular complexity index is 361. The minimum atomic E-state index is -1.24. The molecule has 2 atom stereocenters. The van der Waals surface area contributed by atoms with Crippen molar-refractivity contribution < 1.29 is 4.79 Å². The molecule has 0 aromatic carbocycles. The summed E-state index contributed by atoms with van der Waals surface area (Å²) in [7, 11) is -1.24. The van der Waals surface area contributed by atoms with E-state index in [0.29, 0.717) is 5.78 Å². The molecule has 1 fully saturated rings. The topological polar surface area (TPSA) is 17.1 Å². The van der Waals surface area contributed by atoms with Gasteiger partial charge >= 0.3 is 0 Å². The third-order valence-corrected chi connectivity index (χ3v) is 6.73. The Hall–Kier alpha value is 0.177. The first-order chi connectivity index (χ1) is 8.25. The summed E-state index contributed by atoms with van der Waals surface area (Å²) >= 11 is 2.37. The second kappa shape index (κ2) is 6.56. The van der Waals surface area contributed by atoms with Crippen molar-refractivity contribution in [1.82, 2.24) is 0 Å². The molecular weight excluding hydrogens is 351 g/mol. The zero-order valence-electron chi connectivity index (χ0n) is 12.1. The molecule has 1 saturated carbocycles. The zero-order chi connectivity index (χ0) is 13.8. The van der Waals surface area contributed by atoms with Crippen LogP contribution in [0, 0.1) is 16.9 Å². The van der Waals surface area contributed by atoms with E-state index in [2.05, 4.69) is 60.6 Å². The number of hydrogen-bond acceptors (Lipinski definition) is 1. The monoisotopic (exact) mass is 376 g/mol. The molecular formula is C15H25IOSi. The van der Waals surface area contributed by atoms with Crippen LogP contribution in [0.3, 0.4) is 0 Å². The standard InChI is InChI=1S/C15H25IOSi/c1-15(11-7-8-12-18(2,3)4)10-6-5-9-13(17)14(15)16/h14H,5-7,9-11H2,1-4H3. The normalized spacial score (nSPS) is 29.4. The van der Waals surface area contributed by atoms with Crippen LogP contribution in [0.1, 0.15) is 45.4 Å². The molecule has 0 spiro atoms. The largest absolute Gasteiger partial charge is 0.299 e. The van der Waals surface area contributed by atoms with Gasteiger partial charge in [-0.15, -0.1) is 11.5 Å². The molecule has 18 heavy (non-hydrogen) atoms. The first-order valence-corrected chi connectivity index (χ1v) is 11.7. The Morgan fingerprint density at radius 3 is 2.67 bits per heavy atom. The molecule has 1 aliphatic carbocycles. The van der Waals surface area contributed by atoms with Crippen molar-refractivity contribution >= 4 is 36.4 Å². The number of rotatable bonds is 2. The highest BCUT2D eigenvalue weighted by Crippen LogP contribution is 2.41. The summed E-state index contributed by atoms with van der Waals surface area (Å²) < 4.78 is 0.186. The lowest BCUT2D eigenvalue weighted by Gasteiger charge is -2.31. The highest BCUT2D eigenvalue weighted by Gasteiger charge is 2.37. The molecule has 1 rings (SSSR count). The van der Waals surface area contributed by atoms with E-state index in [0.717, 1.165) is 25.7 Å². The van der Waals surface area contributed by atoms with Crippen molar-refractivity contribution in [3.63, 3.8) is 0 Å². The molecule has 1 aliphatic rings. The van der Waals surface area contributed by atoms with Crippen molar-refractivity contribution in [3.05, 3.63) is 0 Å². The SMILES string of the molecule is CC1(CCC#C[Si](C)(C)C)CCCCC(=O)C1I. The number of carbonyl (C=O) groups excluding carboxylic acids is 1. The predicted octanol–water partition coefficient (Wildman–Crippen LogP) is 4.60. The van der Waals surface area contributed by atoms with Gasteiger partial charge in [0.1, 0.15) is 13.9 Å². The van der Waals surface area contributed by atoms with Crippen molar-refractivity contribution in [3.8, 4) is 11.5 Å². The van der Waals surface area contributed by atoms with Gasteiger partial charge in [0, 0.05) is 12.8 Å². The molecule has 0 amide bonds. The second-order valence-electron chi connectivity index (χ2n) is 6.74. The molecule has 0 N–H and O–H groups in total. The van der Waals surface area contributed by atoms with E-state index < -0.39 is 8.07 Å². The number of alkyl halides is 1. The molecule has 0 heterocycles. The molecule has 0 aromatic heterocycles. The van der Waals surface area contributed by atoms with E-state index in [9.17, 15) is 4.79 Å². The molecule has 1 nitrogen and oxygen atoms in total. The van der Waals surface area contributed by atoms with Crippen LogP contribution in [0.15, 0.2) is 0 Å². The smallest absolute Gasteiger partial charge is 0.146 e. The Kier molecular flexibility index (Phi) is 5.92. The van der Waals surface area contributed by atoms with Gasteiger partial charge in [-0.2, -0.15) is 0 Å². The van der Waals surface area contributed by atoms with Gasteiger partial charge in [-0.25, -0.2) is 0 Å². The molecule has 0 aromatic rings. The summed E-state index contributed by atoms with van der Waals surface area (Å²) in [5.41, 5.74) is 3.59. The van der Waals surface area contributed by atoms with Gasteiger partial charge in [-0.1, -0.05) is 55.6 Å². The van der Waals surface area contributed by atoms with Gasteiger partial charge in [0.15, 0.2) is 0 Å². The second-order valence-corrected chi connectivity index (χ2v) is 12.7. The molecule has 0 saturated heterocycles. The lowest BCUT2D eigenvalue weighted by Crippen LogP contribution is -2.32. The maximum absolute atomic E-state index is 12.0. The summed E-state index contributed by atoms with van der Waals surface area (Å²) in [5.74, 6) is 3.80. The maximum atomic E-state index is 12.0. The summed E-state index contributed by atoms with van der Waals surface area (Å²) in [4.78, 5) is 12.0.